The van der Waals surface area contributed by atoms with Gasteiger partial charge in [0.1, 0.15) is 22.9 Å². The Balaban J connectivity index is 2.08. The second-order valence-electron chi connectivity index (χ2n) is 7.64. The van der Waals surface area contributed by atoms with Crippen LogP contribution in [0.5, 0.6) is 5.75 Å². The number of amides is 1. The normalized spacial score (nSPS) is 11.8. The van der Waals surface area contributed by atoms with Gasteiger partial charge in [0.2, 0.25) is 0 Å². The molecule has 0 aliphatic rings. The first-order valence-corrected chi connectivity index (χ1v) is 10.1. The van der Waals surface area contributed by atoms with Crippen molar-refractivity contribution in [3.8, 4) is 5.75 Å². The van der Waals surface area contributed by atoms with Crippen LogP contribution in [0.2, 0.25) is 0 Å². The summed E-state index contributed by atoms with van der Waals surface area (Å²) in [6.07, 6.45) is 0.584. The summed E-state index contributed by atoms with van der Waals surface area (Å²) in [5, 5.41) is 19.0. The average molecular weight is 441 g/mol. The van der Waals surface area contributed by atoms with Gasteiger partial charge in [0.25, 0.3) is 17.0 Å². The number of H-pyrrole nitrogens is 1. The molecule has 2 heterocycles. The molecule has 0 saturated carbocycles. The molecule has 1 aromatic carbocycles. The molecule has 0 spiro atoms. The first kappa shape index (κ1) is 22.7. The Morgan fingerprint density at radius 1 is 1.22 bits per heavy atom. The molecule has 0 unspecified atom stereocenters. The number of aryl methyl sites for hydroxylation is 2. The molecule has 170 valence electrons. The van der Waals surface area contributed by atoms with Crippen LogP contribution in [0.25, 0.3) is 0 Å². The van der Waals surface area contributed by atoms with Crippen molar-refractivity contribution in [1.82, 2.24) is 14.7 Å². The van der Waals surface area contributed by atoms with Crippen LogP contribution in [0.4, 0.5) is 17.1 Å². The van der Waals surface area contributed by atoms with Crippen molar-refractivity contribution >= 4 is 23.0 Å². The van der Waals surface area contributed by atoms with Crippen molar-refractivity contribution in [2.75, 3.05) is 24.7 Å². The number of benzene rings is 1. The van der Waals surface area contributed by atoms with Crippen molar-refractivity contribution in [1.29, 1.82) is 0 Å². The third-order valence-electron chi connectivity index (χ3n) is 5.03. The topological polar surface area (TPSA) is 133 Å². The van der Waals surface area contributed by atoms with Gasteiger partial charge in [0, 0.05) is 21.1 Å². The number of aromatic amines is 1. The number of nitrogens with zero attached hydrogens (tertiary/aromatic N) is 2. The molecule has 3 aromatic rings. The molecule has 4 N–H and O–H groups in total. The number of phenolic OH excluding ortho intramolecular Hbond substituents is 1. The van der Waals surface area contributed by atoms with Gasteiger partial charge in [-0.2, -0.15) is 0 Å². The highest BCUT2D eigenvalue weighted by Gasteiger charge is 2.22. The Morgan fingerprint density at radius 2 is 1.94 bits per heavy atom. The number of anilines is 3. The van der Waals surface area contributed by atoms with Gasteiger partial charge in [-0.3, -0.25) is 24.2 Å². The van der Waals surface area contributed by atoms with Crippen LogP contribution in [0, 0.1) is 6.92 Å². The van der Waals surface area contributed by atoms with Gasteiger partial charge >= 0.3 is 0 Å². The van der Waals surface area contributed by atoms with E-state index in [1.165, 1.54) is 24.1 Å². The third-order valence-corrected chi connectivity index (χ3v) is 5.03. The summed E-state index contributed by atoms with van der Waals surface area (Å²) in [6, 6.07) is 7.82. The smallest absolute Gasteiger partial charge is 0.290 e. The SMILES string of the molecule is CC[C@@H](Nc1c(Nc2cccc(C(=O)N(C)C)c2O)c(=O)[nH]n(C)c1=O)c1ccc(C)o1. The Bertz CT molecular complexity index is 1250. The number of rotatable bonds is 7. The molecule has 2 aromatic heterocycles. The highest BCUT2D eigenvalue weighted by atomic mass is 16.3. The maximum atomic E-state index is 12.9. The molecule has 10 heteroatoms. The summed E-state index contributed by atoms with van der Waals surface area (Å²) in [5.74, 6) is 0.622. The molecule has 1 atom stereocenters. The zero-order valence-electron chi connectivity index (χ0n) is 18.6. The molecule has 0 fully saturated rings. The molecule has 0 aliphatic carbocycles. The molecule has 10 nitrogen and oxygen atoms in total. The quantitative estimate of drug-likeness (QED) is 0.414. The fourth-order valence-corrected chi connectivity index (χ4v) is 3.28. The van der Waals surface area contributed by atoms with Crippen LogP contribution in [-0.2, 0) is 7.05 Å². The first-order chi connectivity index (χ1) is 15.1. The highest BCUT2D eigenvalue weighted by molar-refractivity contribution is 5.98. The minimum atomic E-state index is -0.580. The number of hydrogen-bond donors (Lipinski definition) is 4. The summed E-state index contributed by atoms with van der Waals surface area (Å²) in [7, 11) is 4.57. The molecule has 0 radical (unpaired) electrons. The minimum Gasteiger partial charge on any atom is -0.505 e. The van der Waals surface area contributed by atoms with Gasteiger partial charge in [-0.05, 0) is 37.6 Å². The summed E-state index contributed by atoms with van der Waals surface area (Å²) in [5.41, 5.74) is -0.952. The number of phenols is 1. The predicted octanol–water partition coefficient (Wildman–Crippen LogP) is 2.69. The number of carbonyl (C=O) groups is 1. The summed E-state index contributed by atoms with van der Waals surface area (Å²) in [6.45, 7) is 3.74. The second kappa shape index (κ2) is 9.04. The van der Waals surface area contributed by atoms with Crippen LogP contribution in [0.1, 0.15) is 41.3 Å². The van der Waals surface area contributed by atoms with Crippen molar-refractivity contribution in [2.45, 2.75) is 26.3 Å². The third kappa shape index (κ3) is 4.39. The number of nitrogens with one attached hydrogen (secondary N) is 3. The maximum absolute atomic E-state index is 12.9. The number of hydrogen-bond acceptors (Lipinski definition) is 7. The standard InChI is InChI=1S/C22H27N5O5/c1-6-14(16-11-10-12(2)32-16)23-18-17(20(29)25-27(5)22(18)31)24-15-9-7-8-13(19(15)28)21(30)26(3)4/h7-11,14,23-24,28H,6H2,1-5H3,(H,25,29)/t14-/m1/s1. The van der Waals surface area contributed by atoms with Crippen LogP contribution < -0.4 is 21.8 Å². The Labute approximate surface area is 184 Å². The summed E-state index contributed by atoms with van der Waals surface area (Å²) >= 11 is 0. The summed E-state index contributed by atoms with van der Waals surface area (Å²) < 4.78 is 6.76. The lowest BCUT2D eigenvalue weighted by molar-refractivity contribution is 0.0824. The lowest BCUT2D eigenvalue weighted by Gasteiger charge is -2.20. The van der Waals surface area contributed by atoms with E-state index < -0.39 is 17.0 Å². The van der Waals surface area contributed by atoms with Gasteiger partial charge in [-0.15, -0.1) is 0 Å². The first-order valence-electron chi connectivity index (χ1n) is 10.1. The zero-order chi connectivity index (χ0) is 23.6. The van der Waals surface area contributed by atoms with Crippen molar-refractivity contribution in [2.24, 2.45) is 7.05 Å². The van der Waals surface area contributed by atoms with Crippen LogP contribution in [0.15, 0.2) is 44.3 Å². The predicted molar refractivity (Wildman–Crippen MR) is 122 cm³/mol. The number of aromatic hydroxyl groups is 1. The minimum absolute atomic E-state index is 0.0147. The number of furan rings is 1. The van der Waals surface area contributed by atoms with E-state index in [1.54, 1.807) is 20.2 Å². The highest BCUT2D eigenvalue weighted by Crippen LogP contribution is 2.32. The number of aromatic nitrogens is 2. The van der Waals surface area contributed by atoms with Crippen molar-refractivity contribution < 1.29 is 14.3 Å². The molecular formula is C22H27N5O5. The van der Waals surface area contributed by atoms with Gasteiger partial charge in [-0.25, -0.2) is 0 Å². The average Bonchev–Trinajstić information content (AvgIpc) is 3.18. The van der Waals surface area contributed by atoms with Gasteiger partial charge in [0.05, 0.1) is 17.3 Å². The molecule has 0 aliphatic heterocycles. The Hall–Kier alpha value is -3.95. The van der Waals surface area contributed by atoms with Crippen LogP contribution in [0.3, 0.4) is 0 Å². The van der Waals surface area contributed by atoms with E-state index in [2.05, 4.69) is 15.7 Å². The van der Waals surface area contributed by atoms with Crippen molar-refractivity contribution in [3.63, 3.8) is 0 Å². The van der Waals surface area contributed by atoms with Crippen LogP contribution >= 0.6 is 0 Å². The van der Waals surface area contributed by atoms with E-state index >= 15 is 0 Å². The van der Waals surface area contributed by atoms with E-state index in [0.29, 0.717) is 12.2 Å². The largest absolute Gasteiger partial charge is 0.505 e. The molecule has 0 saturated heterocycles. The Morgan fingerprint density at radius 3 is 2.53 bits per heavy atom. The summed E-state index contributed by atoms with van der Waals surface area (Å²) in [4.78, 5) is 39.3. The van der Waals surface area contributed by atoms with E-state index in [0.717, 1.165) is 10.4 Å². The lowest BCUT2D eigenvalue weighted by atomic mass is 10.1. The van der Waals surface area contributed by atoms with Gasteiger partial charge in [-0.1, -0.05) is 13.0 Å². The van der Waals surface area contributed by atoms with E-state index in [-0.39, 0.29) is 34.4 Å². The van der Waals surface area contributed by atoms with Gasteiger partial charge < -0.3 is 25.1 Å². The number of carbonyl (C=O) groups excluding carboxylic acids is 1. The zero-order valence-corrected chi connectivity index (χ0v) is 18.6. The molecule has 1 amide bonds. The lowest BCUT2D eigenvalue weighted by Crippen LogP contribution is -2.32. The number of para-hydroxylation sites is 1. The monoisotopic (exact) mass is 441 g/mol. The van der Waals surface area contributed by atoms with Gasteiger partial charge in [0.15, 0.2) is 5.75 Å². The Kier molecular flexibility index (Phi) is 6.42. The molecule has 0 bridgehead atoms. The fourth-order valence-electron chi connectivity index (χ4n) is 3.28. The molecule has 3 rings (SSSR count). The van der Waals surface area contributed by atoms with E-state index in [9.17, 15) is 19.5 Å². The molecule has 32 heavy (non-hydrogen) atoms. The van der Waals surface area contributed by atoms with Crippen molar-refractivity contribution in [3.05, 3.63) is 68.1 Å². The molecular weight excluding hydrogens is 414 g/mol. The fraction of sp³-hybridized carbons (Fsp3) is 0.318. The van der Waals surface area contributed by atoms with Crippen LogP contribution in [-0.4, -0.2) is 39.8 Å². The second-order valence-corrected chi connectivity index (χ2v) is 7.64. The van der Waals surface area contributed by atoms with E-state index in [4.69, 9.17) is 4.42 Å². The maximum Gasteiger partial charge on any atom is 0.290 e. The van der Waals surface area contributed by atoms with E-state index in [1.807, 2.05) is 26.0 Å².